The number of nitrogens with zero attached hydrogens (tertiary/aromatic N) is 2. The van der Waals surface area contributed by atoms with E-state index in [1.54, 1.807) is 0 Å². The Labute approximate surface area is 181 Å². The molecule has 2 aromatic rings. The van der Waals surface area contributed by atoms with Gasteiger partial charge in [-0.3, -0.25) is 4.79 Å². The van der Waals surface area contributed by atoms with Crippen LogP contribution in [0.25, 0.3) is 5.69 Å². The summed E-state index contributed by atoms with van der Waals surface area (Å²) >= 11 is 0. The summed E-state index contributed by atoms with van der Waals surface area (Å²) in [6, 6.07) is 10.4. The number of piperidine rings is 1. The van der Waals surface area contributed by atoms with Crippen LogP contribution in [-0.4, -0.2) is 41.6 Å². The molecule has 1 amide bonds. The van der Waals surface area contributed by atoms with E-state index in [1.807, 2.05) is 12.1 Å². The number of likely N-dealkylation sites (tertiary alicyclic amines) is 1. The summed E-state index contributed by atoms with van der Waals surface area (Å²) < 4.78 is 2.37. The fraction of sp³-hybridized carbons (Fsp3) is 0.577. The number of amides is 1. The van der Waals surface area contributed by atoms with Crippen molar-refractivity contribution in [3.8, 4) is 5.69 Å². The number of fused-ring (bicyclic) bond motifs is 1. The van der Waals surface area contributed by atoms with Crippen molar-refractivity contribution in [2.24, 2.45) is 11.8 Å². The third-order valence-corrected chi connectivity index (χ3v) is 6.75. The summed E-state index contributed by atoms with van der Waals surface area (Å²) in [5.41, 5.74) is 6.16. The van der Waals surface area contributed by atoms with Gasteiger partial charge in [0, 0.05) is 42.3 Å². The first kappa shape index (κ1) is 21.2. The average molecular weight is 408 g/mol. The van der Waals surface area contributed by atoms with Crippen LogP contribution in [0.2, 0.25) is 0 Å². The van der Waals surface area contributed by atoms with E-state index in [2.05, 4.69) is 53.8 Å². The van der Waals surface area contributed by atoms with Crippen LogP contribution < -0.4 is 5.32 Å². The van der Waals surface area contributed by atoms with Gasteiger partial charge in [0.15, 0.2) is 0 Å². The van der Waals surface area contributed by atoms with Crippen LogP contribution in [0.4, 0.5) is 0 Å². The monoisotopic (exact) mass is 407 g/mol. The largest absolute Gasteiger partial charge is 0.352 e. The summed E-state index contributed by atoms with van der Waals surface area (Å²) in [6.45, 7) is 11.1. The van der Waals surface area contributed by atoms with Gasteiger partial charge in [0.2, 0.25) is 0 Å². The van der Waals surface area contributed by atoms with Crippen LogP contribution >= 0.6 is 0 Å². The van der Waals surface area contributed by atoms with Crippen molar-refractivity contribution < 1.29 is 4.79 Å². The molecule has 1 aliphatic carbocycles. The lowest BCUT2D eigenvalue weighted by Crippen LogP contribution is -2.40. The smallest absolute Gasteiger partial charge is 0.251 e. The van der Waals surface area contributed by atoms with Gasteiger partial charge in [-0.1, -0.05) is 13.8 Å². The normalized spacial score (nSPS) is 22.0. The third kappa shape index (κ3) is 4.80. The Hall–Kier alpha value is -2.07. The molecule has 4 rings (SSSR count). The zero-order chi connectivity index (χ0) is 21.1. The Kier molecular flexibility index (Phi) is 6.62. The van der Waals surface area contributed by atoms with Gasteiger partial charge < -0.3 is 14.8 Å². The van der Waals surface area contributed by atoms with Gasteiger partial charge in [-0.25, -0.2) is 0 Å². The van der Waals surface area contributed by atoms with E-state index in [9.17, 15) is 4.79 Å². The molecule has 1 aromatic carbocycles. The predicted molar refractivity (Wildman–Crippen MR) is 123 cm³/mol. The molecule has 1 saturated heterocycles. The number of benzene rings is 1. The molecule has 0 saturated carbocycles. The molecule has 2 unspecified atom stereocenters. The highest BCUT2D eigenvalue weighted by Gasteiger charge is 2.21. The van der Waals surface area contributed by atoms with Crippen LogP contribution in [0.1, 0.15) is 66.8 Å². The van der Waals surface area contributed by atoms with Crippen LogP contribution in [0, 0.1) is 18.8 Å². The van der Waals surface area contributed by atoms with Gasteiger partial charge in [-0.05, 0) is 99.7 Å². The zero-order valence-electron chi connectivity index (χ0n) is 18.9. The third-order valence-electron chi connectivity index (χ3n) is 6.75. The van der Waals surface area contributed by atoms with E-state index in [0.717, 1.165) is 43.3 Å². The van der Waals surface area contributed by atoms with Crippen LogP contribution in [0.5, 0.6) is 0 Å². The first-order valence-corrected chi connectivity index (χ1v) is 11.8. The molecule has 162 valence electrons. The van der Waals surface area contributed by atoms with E-state index in [0.29, 0.717) is 0 Å². The Morgan fingerprint density at radius 3 is 2.50 bits per heavy atom. The van der Waals surface area contributed by atoms with Crippen molar-refractivity contribution in [1.82, 2.24) is 14.8 Å². The standard InChI is InChI=1S/C26H37N3O/c1-19-15-20(2)18-28(17-19)14-6-13-27-26(30)22-9-11-24(12-10-22)29-21(3)16-23-7-4-5-8-25(23)29/h9-12,16,19-20H,4-8,13-15,17-18H2,1-3H3,(H,27,30). The molecular weight excluding hydrogens is 370 g/mol. The first-order valence-electron chi connectivity index (χ1n) is 11.8. The van der Waals surface area contributed by atoms with E-state index >= 15 is 0 Å². The van der Waals surface area contributed by atoms with Crippen molar-refractivity contribution in [3.63, 3.8) is 0 Å². The van der Waals surface area contributed by atoms with Crippen molar-refractivity contribution in [1.29, 1.82) is 0 Å². The molecule has 1 aromatic heterocycles. The summed E-state index contributed by atoms with van der Waals surface area (Å²) in [4.78, 5) is 15.1. The Morgan fingerprint density at radius 2 is 1.77 bits per heavy atom. The van der Waals surface area contributed by atoms with Gasteiger partial charge in [0.25, 0.3) is 5.91 Å². The van der Waals surface area contributed by atoms with E-state index < -0.39 is 0 Å². The highest BCUT2D eigenvalue weighted by atomic mass is 16.1. The number of carbonyl (C=O) groups is 1. The summed E-state index contributed by atoms with van der Waals surface area (Å²) in [5, 5.41) is 3.10. The quantitative estimate of drug-likeness (QED) is 0.701. The minimum absolute atomic E-state index is 0.0354. The number of nitrogens with one attached hydrogen (secondary N) is 1. The molecule has 4 nitrogen and oxygen atoms in total. The van der Waals surface area contributed by atoms with Crippen LogP contribution in [0.3, 0.4) is 0 Å². The van der Waals surface area contributed by atoms with E-state index in [-0.39, 0.29) is 5.91 Å². The lowest BCUT2D eigenvalue weighted by Gasteiger charge is -2.34. The Bertz CT molecular complexity index is 857. The van der Waals surface area contributed by atoms with E-state index in [1.165, 1.54) is 61.4 Å². The SMILES string of the molecule is Cc1cc2c(n1-c1ccc(C(=O)NCCCN3CC(C)CC(C)C3)cc1)CCCC2. The first-order chi connectivity index (χ1) is 14.5. The van der Waals surface area contributed by atoms with E-state index in [4.69, 9.17) is 0 Å². The average Bonchev–Trinajstić information content (AvgIpc) is 3.06. The second-order valence-corrected chi connectivity index (χ2v) is 9.66. The Balaban J connectivity index is 1.30. The molecular formula is C26H37N3O. The molecule has 1 aliphatic heterocycles. The predicted octanol–water partition coefficient (Wildman–Crippen LogP) is 4.76. The van der Waals surface area contributed by atoms with Crippen molar-refractivity contribution in [3.05, 3.63) is 52.8 Å². The van der Waals surface area contributed by atoms with Gasteiger partial charge in [0.05, 0.1) is 0 Å². The molecule has 2 aliphatic rings. The molecule has 30 heavy (non-hydrogen) atoms. The van der Waals surface area contributed by atoms with Gasteiger partial charge >= 0.3 is 0 Å². The minimum Gasteiger partial charge on any atom is -0.352 e. The fourth-order valence-corrected chi connectivity index (χ4v) is 5.56. The maximum atomic E-state index is 12.6. The molecule has 2 heterocycles. The highest BCUT2D eigenvalue weighted by Crippen LogP contribution is 2.28. The van der Waals surface area contributed by atoms with Gasteiger partial charge in [-0.15, -0.1) is 0 Å². The summed E-state index contributed by atoms with van der Waals surface area (Å²) in [6.07, 6.45) is 7.27. The van der Waals surface area contributed by atoms with Crippen molar-refractivity contribution in [2.45, 2.75) is 59.3 Å². The maximum absolute atomic E-state index is 12.6. The lowest BCUT2D eigenvalue weighted by molar-refractivity contribution is 0.0947. The number of hydrogen-bond acceptors (Lipinski definition) is 2. The molecule has 1 N–H and O–H groups in total. The summed E-state index contributed by atoms with van der Waals surface area (Å²) in [5.74, 6) is 1.61. The number of aryl methyl sites for hydroxylation is 2. The highest BCUT2D eigenvalue weighted by molar-refractivity contribution is 5.94. The topological polar surface area (TPSA) is 37.3 Å². The Morgan fingerprint density at radius 1 is 1.07 bits per heavy atom. The molecule has 0 spiro atoms. The molecule has 1 fully saturated rings. The molecule has 0 radical (unpaired) electrons. The number of aromatic nitrogens is 1. The zero-order valence-corrected chi connectivity index (χ0v) is 18.9. The number of carbonyl (C=O) groups excluding carboxylic acids is 1. The van der Waals surface area contributed by atoms with Crippen molar-refractivity contribution >= 4 is 5.91 Å². The molecule has 4 heteroatoms. The lowest BCUT2D eigenvalue weighted by atomic mass is 9.92. The van der Waals surface area contributed by atoms with Gasteiger partial charge in [0.1, 0.15) is 0 Å². The fourth-order valence-electron chi connectivity index (χ4n) is 5.56. The summed E-state index contributed by atoms with van der Waals surface area (Å²) in [7, 11) is 0. The number of rotatable bonds is 6. The maximum Gasteiger partial charge on any atom is 0.251 e. The second kappa shape index (κ2) is 9.38. The van der Waals surface area contributed by atoms with Crippen molar-refractivity contribution in [2.75, 3.05) is 26.2 Å². The molecule has 2 atom stereocenters. The minimum atomic E-state index is 0.0354. The second-order valence-electron chi connectivity index (χ2n) is 9.66. The van der Waals surface area contributed by atoms with Gasteiger partial charge in [-0.2, -0.15) is 0 Å². The molecule has 0 bridgehead atoms. The van der Waals surface area contributed by atoms with Crippen LogP contribution in [-0.2, 0) is 12.8 Å². The van der Waals surface area contributed by atoms with Crippen LogP contribution in [0.15, 0.2) is 30.3 Å². The number of hydrogen-bond donors (Lipinski definition) is 1.